The zero-order chi connectivity index (χ0) is 20.6. The van der Waals surface area contributed by atoms with E-state index in [1.54, 1.807) is 0 Å². The molecule has 3 aromatic rings. The number of nitriles is 1. The molecule has 5 nitrogen and oxygen atoms in total. The fourth-order valence-electron chi connectivity index (χ4n) is 3.92. The van der Waals surface area contributed by atoms with Gasteiger partial charge in [-0.25, -0.2) is 0 Å². The van der Waals surface area contributed by atoms with E-state index in [0.717, 1.165) is 58.8 Å². The molecule has 2 aromatic carbocycles. The fourth-order valence-corrected chi connectivity index (χ4v) is 3.92. The first-order chi connectivity index (χ1) is 14.2. The summed E-state index contributed by atoms with van der Waals surface area (Å²) in [5.74, 6) is 0.794. The molecule has 0 radical (unpaired) electrons. The van der Waals surface area contributed by atoms with Gasteiger partial charge in [-0.3, -0.25) is 0 Å². The Morgan fingerprint density at radius 1 is 1.14 bits per heavy atom. The summed E-state index contributed by atoms with van der Waals surface area (Å²) in [7, 11) is 3.75. The van der Waals surface area contributed by atoms with Crippen LogP contribution in [0, 0.1) is 24.2 Å². The van der Waals surface area contributed by atoms with Gasteiger partial charge < -0.3 is 15.2 Å². The van der Waals surface area contributed by atoms with Gasteiger partial charge in [-0.1, -0.05) is 23.4 Å². The lowest BCUT2D eigenvalue weighted by Crippen LogP contribution is -2.27. The number of piperidine rings is 1. The molecule has 2 N–H and O–H groups in total. The van der Waals surface area contributed by atoms with Crippen molar-refractivity contribution in [3.8, 4) is 17.2 Å². The first kappa shape index (κ1) is 21.0. The third-order valence-electron chi connectivity index (χ3n) is 5.54. The van der Waals surface area contributed by atoms with Crippen molar-refractivity contribution in [3.05, 3.63) is 53.2 Å². The lowest BCUT2D eigenvalue weighted by atomic mass is 9.91. The average molecular weight is 391 g/mol. The van der Waals surface area contributed by atoms with E-state index in [1.165, 1.54) is 19.3 Å². The number of nitrogens with one attached hydrogen (secondary N) is 2. The van der Waals surface area contributed by atoms with Crippen LogP contribution in [-0.4, -0.2) is 32.3 Å². The standard InChI is InChI=1S/C22H23N3O.C2H7N/c1-15-19(18-5-2-17(14-23)3-6-18)7-8-20-21(25-26-22(15)20)9-4-16-10-12-24-13-11-16;1-3-2/h2-3,5-8,16,24H,4,9-13H2,1H3;3H,1-2H3. The summed E-state index contributed by atoms with van der Waals surface area (Å²) >= 11 is 0. The van der Waals surface area contributed by atoms with Crippen LogP contribution in [0.3, 0.4) is 0 Å². The maximum absolute atomic E-state index is 8.97. The Kier molecular flexibility index (Phi) is 7.40. The van der Waals surface area contributed by atoms with Gasteiger partial charge in [0.1, 0.15) is 0 Å². The molecule has 0 atom stereocenters. The van der Waals surface area contributed by atoms with Crippen LogP contribution in [0.4, 0.5) is 0 Å². The number of fused-ring (bicyclic) bond motifs is 1. The molecule has 0 spiro atoms. The van der Waals surface area contributed by atoms with Gasteiger partial charge in [-0.2, -0.15) is 5.26 Å². The first-order valence-corrected chi connectivity index (χ1v) is 10.4. The second kappa shape index (κ2) is 10.2. The number of hydrogen-bond donors (Lipinski definition) is 2. The minimum Gasteiger partial charge on any atom is -0.356 e. The molecule has 1 fully saturated rings. The largest absolute Gasteiger partial charge is 0.356 e. The highest BCUT2D eigenvalue weighted by molar-refractivity contribution is 5.88. The van der Waals surface area contributed by atoms with Gasteiger partial charge in [0.2, 0.25) is 0 Å². The summed E-state index contributed by atoms with van der Waals surface area (Å²) in [6.07, 6.45) is 4.68. The summed E-state index contributed by atoms with van der Waals surface area (Å²) in [5.41, 5.74) is 5.96. The fraction of sp³-hybridized carbons (Fsp3) is 0.417. The lowest BCUT2D eigenvalue weighted by Gasteiger charge is -2.21. The second-order valence-corrected chi connectivity index (χ2v) is 7.67. The summed E-state index contributed by atoms with van der Waals surface area (Å²) in [5, 5.41) is 20.6. The Morgan fingerprint density at radius 2 is 1.83 bits per heavy atom. The van der Waals surface area contributed by atoms with E-state index >= 15 is 0 Å². The number of hydrogen-bond acceptors (Lipinski definition) is 5. The predicted molar refractivity (Wildman–Crippen MR) is 118 cm³/mol. The van der Waals surface area contributed by atoms with Gasteiger partial charge >= 0.3 is 0 Å². The van der Waals surface area contributed by atoms with Gasteiger partial charge in [-0.15, -0.1) is 0 Å². The monoisotopic (exact) mass is 390 g/mol. The van der Waals surface area contributed by atoms with Crippen molar-refractivity contribution in [2.45, 2.75) is 32.6 Å². The van der Waals surface area contributed by atoms with Crippen LogP contribution in [0.15, 0.2) is 40.9 Å². The van der Waals surface area contributed by atoms with E-state index in [1.807, 2.05) is 38.4 Å². The van der Waals surface area contributed by atoms with Crippen molar-refractivity contribution < 1.29 is 4.52 Å². The minimum atomic E-state index is 0.673. The Bertz CT molecular complexity index is 963. The lowest BCUT2D eigenvalue weighted by molar-refractivity contribution is 0.350. The summed E-state index contributed by atoms with van der Waals surface area (Å²) in [6, 6.07) is 14.1. The van der Waals surface area contributed by atoms with Crippen molar-refractivity contribution in [2.75, 3.05) is 27.2 Å². The molecule has 2 heterocycles. The molecular weight excluding hydrogens is 360 g/mol. The van der Waals surface area contributed by atoms with Crippen molar-refractivity contribution in [1.82, 2.24) is 15.8 Å². The van der Waals surface area contributed by atoms with Gasteiger partial charge in [0.15, 0.2) is 5.58 Å². The summed E-state index contributed by atoms with van der Waals surface area (Å²) < 4.78 is 5.71. The maximum Gasteiger partial charge on any atom is 0.170 e. The van der Waals surface area contributed by atoms with Crippen LogP contribution in [0.5, 0.6) is 0 Å². The molecule has 1 aromatic heterocycles. The van der Waals surface area contributed by atoms with E-state index in [2.05, 4.69) is 40.9 Å². The van der Waals surface area contributed by atoms with Crippen molar-refractivity contribution in [1.29, 1.82) is 5.26 Å². The quantitative estimate of drug-likeness (QED) is 0.689. The Morgan fingerprint density at radius 3 is 2.48 bits per heavy atom. The van der Waals surface area contributed by atoms with Crippen molar-refractivity contribution in [2.24, 2.45) is 5.92 Å². The van der Waals surface area contributed by atoms with Crippen LogP contribution in [0.2, 0.25) is 0 Å². The van der Waals surface area contributed by atoms with Crippen molar-refractivity contribution in [3.63, 3.8) is 0 Å². The zero-order valence-corrected chi connectivity index (χ0v) is 17.6. The third kappa shape index (κ3) is 5.03. The Hall–Kier alpha value is -2.68. The smallest absolute Gasteiger partial charge is 0.170 e. The highest BCUT2D eigenvalue weighted by Gasteiger charge is 2.17. The summed E-state index contributed by atoms with van der Waals surface area (Å²) in [4.78, 5) is 0. The molecule has 0 saturated carbocycles. The molecule has 0 aliphatic carbocycles. The molecule has 0 amide bonds. The van der Waals surface area contributed by atoms with Gasteiger partial charge in [0, 0.05) is 10.9 Å². The summed E-state index contributed by atoms with van der Waals surface area (Å²) in [6.45, 7) is 4.35. The molecule has 4 rings (SSSR count). The van der Waals surface area contributed by atoms with Crippen LogP contribution in [0.1, 0.15) is 36.1 Å². The molecule has 152 valence electrons. The molecule has 1 aliphatic rings. The number of aryl methyl sites for hydroxylation is 2. The number of rotatable bonds is 4. The van der Waals surface area contributed by atoms with E-state index < -0.39 is 0 Å². The van der Waals surface area contributed by atoms with Gasteiger partial charge in [-0.05, 0) is 95.0 Å². The molecular formula is C24H30N4O. The van der Waals surface area contributed by atoms with Crippen LogP contribution < -0.4 is 10.6 Å². The normalized spacial score (nSPS) is 14.3. The van der Waals surface area contributed by atoms with E-state index in [4.69, 9.17) is 9.78 Å². The van der Waals surface area contributed by atoms with E-state index in [9.17, 15) is 0 Å². The average Bonchev–Trinajstić information content (AvgIpc) is 3.18. The molecule has 29 heavy (non-hydrogen) atoms. The number of nitrogens with zero attached hydrogens (tertiary/aromatic N) is 2. The van der Waals surface area contributed by atoms with Crippen LogP contribution >= 0.6 is 0 Å². The SMILES string of the molecule is CNC.Cc1c(-c2ccc(C#N)cc2)ccc2c(CCC3CCNCC3)noc12. The highest BCUT2D eigenvalue weighted by atomic mass is 16.5. The van der Waals surface area contributed by atoms with Crippen LogP contribution in [0.25, 0.3) is 22.1 Å². The van der Waals surface area contributed by atoms with E-state index in [0.29, 0.717) is 5.56 Å². The first-order valence-electron chi connectivity index (χ1n) is 10.4. The van der Waals surface area contributed by atoms with Crippen LogP contribution in [-0.2, 0) is 6.42 Å². The molecule has 1 saturated heterocycles. The number of benzene rings is 2. The van der Waals surface area contributed by atoms with Crippen molar-refractivity contribution >= 4 is 11.0 Å². The molecule has 5 heteroatoms. The van der Waals surface area contributed by atoms with E-state index in [-0.39, 0.29) is 0 Å². The molecule has 1 aliphatic heterocycles. The maximum atomic E-state index is 8.97. The zero-order valence-electron chi connectivity index (χ0n) is 17.6. The third-order valence-corrected chi connectivity index (χ3v) is 5.54. The Balaban J connectivity index is 0.000000755. The van der Waals surface area contributed by atoms with Gasteiger partial charge in [0.05, 0.1) is 17.3 Å². The molecule has 0 unspecified atom stereocenters. The van der Waals surface area contributed by atoms with Gasteiger partial charge in [0.25, 0.3) is 0 Å². The second-order valence-electron chi connectivity index (χ2n) is 7.67. The number of aromatic nitrogens is 1. The Labute approximate surface area is 173 Å². The topological polar surface area (TPSA) is 73.9 Å². The molecule has 0 bridgehead atoms. The highest BCUT2D eigenvalue weighted by Crippen LogP contribution is 2.32. The predicted octanol–water partition coefficient (Wildman–Crippen LogP) is 4.44. The minimum absolute atomic E-state index is 0.673.